The number of rotatable bonds is 0. The molecule has 0 amide bonds. The zero-order valence-corrected chi connectivity index (χ0v) is 6.83. The van der Waals surface area contributed by atoms with E-state index in [1.54, 1.807) is 0 Å². The number of nitrogens with two attached hydrogens (primary N) is 1. The highest BCUT2D eigenvalue weighted by Crippen LogP contribution is 2.25. The van der Waals surface area contributed by atoms with Crippen LogP contribution in [-0.2, 0) is 0 Å². The Morgan fingerprint density at radius 1 is 1.00 bits per heavy atom. The Hall–Kier alpha value is -1.50. The Labute approximate surface area is 72.3 Å². The van der Waals surface area contributed by atoms with Gasteiger partial charge in [-0.05, 0) is 18.1 Å². The first-order valence-corrected chi connectivity index (χ1v) is 4.08. The molecule has 1 heteroatoms. The van der Waals surface area contributed by atoms with Crippen molar-refractivity contribution < 1.29 is 0 Å². The fraction of sp³-hybridized carbons (Fsp3) is 0.0909. The van der Waals surface area contributed by atoms with Crippen LogP contribution in [0, 0.1) is 0 Å². The number of hydrogen-bond donors (Lipinski definition) is 1. The second-order valence-corrected chi connectivity index (χ2v) is 2.91. The molecule has 0 saturated carbocycles. The van der Waals surface area contributed by atoms with Gasteiger partial charge in [0.05, 0.1) is 0 Å². The summed E-state index contributed by atoms with van der Waals surface area (Å²) in [5.74, 6) is 0. The Morgan fingerprint density at radius 2 is 1.83 bits per heavy atom. The number of hydrogen-bond acceptors (Lipinski definition) is 1. The van der Waals surface area contributed by atoms with Crippen LogP contribution in [0.3, 0.4) is 0 Å². The molecule has 1 nitrogen and oxygen atoms in total. The maximum atomic E-state index is 5.86. The van der Waals surface area contributed by atoms with Gasteiger partial charge in [0.15, 0.2) is 0 Å². The first-order chi connectivity index (χ1) is 5.88. The van der Waals surface area contributed by atoms with Crippen molar-refractivity contribution in [1.82, 2.24) is 0 Å². The molecule has 2 aliphatic carbocycles. The van der Waals surface area contributed by atoms with Gasteiger partial charge < -0.3 is 5.73 Å². The third kappa shape index (κ3) is 1.14. The van der Waals surface area contributed by atoms with Gasteiger partial charge in [0.25, 0.3) is 0 Å². The van der Waals surface area contributed by atoms with E-state index < -0.39 is 0 Å². The van der Waals surface area contributed by atoms with Gasteiger partial charge in [0.2, 0.25) is 0 Å². The average Bonchev–Trinajstić information content (AvgIpc) is 2.29. The highest BCUT2D eigenvalue weighted by Gasteiger charge is 2.08. The topological polar surface area (TPSA) is 26.0 Å². The summed E-state index contributed by atoms with van der Waals surface area (Å²) in [4.78, 5) is 0. The zero-order valence-electron chi connectivity index (χ0n) is 6.83. The largest absolute Gasteiger partial charge is 0.398 e. The molecule has 0 bridgehead atoms. The van der Waals surface area contributed by atoms with E-state index in [1.807, 2.05) is 18.2 Å². The molecule has 2 N–H and O–H groups in total. The molecule has 12 heavy (non-hydrogen) atoms. The van der Waals surface area contributed by atoms with Crippen molar-refractivity contribution in [2.45, 2.75) is 6.42 Å². The third-order valence-corrected chi connectivity index (χ3v) is 2.08. The molecule has 0 atom stereocenters. The molecule has 2 rings (SSSR count). The Morgan fingerprint density at radius 3 is 2.75 bits per heavy atom. The summed E-state index contributed by atoms with van der Waals surface area (Å²) in [5.41, 5.74) is 9.19. The minimum Gasteiger partial charge on any atom is -0.398 e. The summed E-state index contributed by atoms with van der Waals surface area (Å²) in [5, 5.41) is 0. The van der Waals surface area contributed by atoms with Gasteiger partial charge in [-0.15, -0.1) is 0 Å². The van der Waals surface area contributed by atoms with Crippen molar-refractivity contribution in [3.05, 3.63) is 59.4 Å². The summed E-state index contributed by atoms with van der Waals surface area (Å²) in [6.07, 6.45) is 15.3. The lowest BCUT2D eigenvalue weighted by Gasteiger charge is -2.11. The van der Waals surface area contributed by atoms with Crippen LogP contribution in [-0.4, -0.2) is 0 Å². The molecule has 0 aliphatic heterocycles. The maximum absolute atomic E-state index is 5.86. The van der Waals surface area contributed by atoms with Crippen molar-refractivity contribution in [2.24, 2.45) is 5.73 Å². The zero-order chi connectivity index (χ0) is 8.39. The molecule has 2 aliphatic rings. The Balaban J connectivity index is 2.50. The molecular weight excluding hydrogens is 146 g/mol. The quantitative estimate of drug-likeness (QED) is 0.573. The number of fused-ring (bicyclic) bond motifs is 1. The lowest BCUT2D eigenvalue weighted by molar-refractivity contribution is 1.17. The summed E-state index contributed by atoms with van der Waals surface area (Å²) in [6, 6.07) is 0. The van der Waals surface area contributed by atoms with E-state index in [9.17, 15) is 0 Å². The van der Waals surface area contributed by atoms with Crippen LogP contribution in [0.25, 0.3) is 0 Å². The van der Waals surface area contributed by atoms with E-state index in [1.165, 1.54) is 11.1 Å². The van der Waals surface area contributed by atoms with Gasteiger partial charge in [0, 0.05) is 11.3 Å². The lowest BCUT2D eigenvalue weighted by Crippen LogP contribution is -2.04. The Kier molecular flexibility index (Phi) is 1.71. The fourth-order valence-electron chi connectivity index (χ4n) is 1.44. The van der Waals surface area contributed by atoms with Crippen molar-refractivity contribution in [1.29, 1.82) is 0 Å². The van der Waals surface area contributed by atoms with Crippen LogP contribution in [0.4, 0.5) is 0 Å². The minimum absolute atomic E-state index is 0.861. The average molecular weight is 157 g/mol. The molecular formula is C11H11N. The predicted octanol–water partition coefficient (Wildman–Crippen LogP) is 2.21. The predicted molar refractivity (Wildman–Crippen MR) is 51.3 cm³/mol. The smallest absolute Gasteiger partial charge is 0.0390 e. The first-order valence-electron chi connectivity index (χ1n) is 4.08. The monoisotopic (exact) mass is 157 g/mol. The standard InChI is InChI=1S/C11H11N/c12-11-8-4-2-6-9-5-1-3-7-10(9)11/h1-4,6-8H,5,12H2. The van der Waals surface area contributed by atoms with E-state index in [-0.39, 0.29) is 0 Å². The van der Waals surface area contributed by atoms with Gasteiger partial charge in [0.1, 0.15) is 0 Å². The Bertz CT molecular complexity index is 338. The van der Waals surface area contributed by atoms with Crippen molar-refractivity contribution in [3.63, 3.8) is 0 Å². The van der Waals surface area contributed by atoms with Crippen molar-refractivity contribution in [3.8, 4) is 0 Å². The molecule has 0 saturated heterocycles. The van der Waals surface area contributed by atoms with Crippen LogP contribution in [0.1, 0.15) is 6.42 Å². The normalized spacial score (nSPS) is 20.5. The summed E-state index contributed by atoms with van der Waals surface area (Å²) in [6.45, 7) is 0. The molecule has 0 aromatic rings. The lowest BCUT2D eigenvalue weighted by atomic mass is 9.96. The minimum atomic E-state index is 0.861. The summed E-state index contributed by atoms with van der Waals surface area (Å²) < 4.78 is 0. The van der Waals surface area contributed by atoms with Gasteiger partial charge >= 0.3 is 0 Å². The molecule has 0 fully saturated rings. The maximum Gasteiger partial charge on any atom is 0.0390 e. The van der Waals surface area contributed by atoms with Crippen LogP contribution in [0.5, 0.6) is 0 Å². The fourth-order valence-corrected chi connectivity index (χ4v) is 1.44. The highest BCUT2D eigenvalue weighted by molar-refractivity contribution is 5.53. The molecule has 60 valence electrons. The van der Waals surface area contributed by atoms with Gasteiger partial charge in [-0.3, -0.25) is 0 Å². The molecule has 0 radical (unpaired) electrons. The second-order valence-electron chi connectivity index (χ2n) is 2.91. The van der Waals surface area contributed by atoms with Crippen LogP contribution >= 0.6 is 0 Å². The van der Waals surface area contributed by atoms with E-state index in [0.717, 1.165) is 12.1 Å². The summed E-state index contributed by atoms with van der Waals surface area (Å²) in [7, 11) is 0. The van der Waals surface area contributed by atoms with Crippen LogP contribution in [0.2, 0.25) is 0 Å². The van der Waals surface area contributed by atoms with Crippen molar-refractivity contribution >= 4 is 0 Å². The second kappa shape index (κ2) is 2.86. The first kappa shape index (κ1) is 7.17. The number of allylic oxidation sites excluding steroid dienone is 8. The molecule has 0 spiro atoms. The van der Waals surface area contributed by atoms with E-state index in [0.29, 0.717) is 0 Å². The SMILES string of the molecule is NC1=CC=CC=C2CC=CC=C12. The van der Waals surface area contributed by atoms with Crippen LogP contribution < -0.4 is 5.73 Å². The molecule has 0 aromatic carbocycles. The van der Waals surface area contributed by atoms with Gasteiger partial charge in [-0.25, -0.2) is 0 Å². The van der Waals surface area contributed by atoms with Gasteiger partial charge in [-0.1, -0.05) is 36.5 Å². The molecule has 0 unspecified atom stereocenters. The third-order valence-electron chi connectivity index (χ3n) is 2.08. The molecule has 0 heterocycles. The van der Waals surface area contributed by atoms with E-state index >= 15 is 0 Å². The van der Waals surface area contributed by atoms with E-state index in [2.05, 4.69) is 24.3 Å². The van der Waals surface area contributed by atoms with E-state index in [4.69, 9.17) is 5.73 Å². The van der Waals surface area contributed by atoms with Gasteiger partial charge in [-0.2, -0.15) is 0 Å². The molecule has 0 aromatic heterocycles. The van der Waals surface area contributed by atoms with Crippen molar-refractivity contribution in [2.75, 3.05) is 0 Å². The highest BCUT2D eigenvalue weighted by atomic mass is 14.6. The summed E-state index contributed by atoms with van der Waals surface area (Å²) >= 11 is 0. The van der Waals surface area contributed by atoms with Crippen LogP contribution in [0.15, 0.2) is 59.4 Å².